The van der Waals surface area contributed by atoms with Gasteiger partial charge in [-0.15, -0.1) is 11.3 Å². The molecule has 0 aliphatic carbocycles. The summed E-state index contributed by atoms with van der Waals surface area (Å²) < 4.78 is 0. The number of carbonyl (C=O) groups excluding carboxylic acids is 2. The molecule has 1 atom stereocenters. The molecular weight excluding hydrogens is 358 g/mol. The van der Waals surface area contributed by atoms with E-state index in [4.69, 9.17) is 0 Å². The van der Waals surface area contributed by atoms with Gasteiger partial charge in [-0.1, -0.05) is 36.4 Å². The van der Waals surface area contributed by atoms with Crippen LogP contribution < -0.4 is 5.32 Å². The molecule has 138 valence electrons. The maximum atomic E-state index is 12.7. The average molecular weight is 379 g/mol. The Kier molecular flexibility index (Phi) is 5.16. The molecule has 0 spiro atoms. The van der Waals surface area contributed by atoms with Crippen LogP contribution in [-0.4, -0.2) is 41.3 Å². The highest BCUT2D eigenvalue weighted by molar-refractivity contribution is 7.11. The summed E-state index contributed by atoms with van der Waals surface area (Å²) in [5, 5.41) is 5.09. The van der Waals surface area contributed by atoms with Crippen LogP contribution >= 0.6 is 11.3 Å². The van der Waals surface area contributed by atoms with Gasteiger partial charge in [0.15, 0.2) is 0 Å². The van der Waals surface area contributed by atoms with Crippen molar-refractivity contribution in [2.24, 2.45) is 5.92 Å². The van der Waals surface area contributed by atoms with Crippen molar-refractivity contribution < 1.29 is 9.59 Å². The number of aromatic nitrogens is 1. The third kappa shape index (κ3) is 3.85. The van der Waals surface area contributed by atoms with E-state index in [-0.39, 0.29) is 17.7 Å². The van der Waals surface area contributed by atoms with Gasteiger partial charge in [-0.3, -0.25) is 14.6 Å². The molecule has 1 saturated heterocycles. The Morgan fingerprint density at radius 3 is 2.89 bits per heavy atom. The summed E-state index contributed by atoms with van der Waals surface area (Å²) in [7, 11) is 0. The number of fused-ring (bicyclic) bond motifs is 1. The van der Waals surface area contributed by atoms with Crippen LogP contribution in [0.5, 0.6) is 0 Å². The Morgan fingerprint density at radius 2 is 2.04 bits per heavy atom. The van der Waals surface area contributed by atoms with Crippen molar-refractivity contribution in [1.82, 2.24) is 15.2 Å². The Hall–Kier alpha value is -2.73. The molecule has 0 bridgehead atoms. The van der Waals surface area contributed by atoms with E-state index in [2.05, 4.69) is 10.3 Å². The van der Waals surface area contributed by atoms with Crippen LogP contribution in [0.25, 0.3) is 10.8 Å². The van der Waals surface area contributed by atoms with Gasteiger partial charge in [0.2, 0.25) is 0 Å². The molecule has 5 nitrogen and oxygen atoms in total. The topological polar surface area (TPSA) is 62.3 Å². The van der Waals surface area contributed by atoms with Gasteiger partial charge in [0.1, 0.15) is 4.88 Å². The molecule has 0 radical (unpaired) electrons. The van der Waals surface area contributed by atoms with Crippen LogP contribution in [0.15, 0.2) is 54.2 Å². The number of hydrogen-bond acceptors (Lipinski definition) is 4. The van der Waals surface area contributed by atoms with Crippen LogP contribution in [0.3, 0.4) is 0 Å². The molecule has 1 fully saturated rings. The number of thiazole rings is 1. The molecule has 4 rings (SSSR count). The smallest absolute Gasteiger partial charge is 0.265 e. The number of likely N-dealkylation sites (tertiary alicyclic amines) is 1. The Morgan fingerprint density at radius 1 is 1.19 bits per heavy atom. The highest BCUT2D eigenvalue weighted by atomic mass is 32.1. The lowest BCUT2D eigenvalue weighted by Gasteiger charge is -2.32. The normalized spacial score (nSPS) is 17.0. The number of piperidine rings is 1. The number of rotatable bonds is 4. The SMILES string of the molecule is O=C(NCC1CCCN(C(=O)c2cncs2)C1)c1cccc2ccccc12. The first-order valence-electron chi connectivity index (χ1n) is 9.16. The summed E-state index contributed by atoms with van der Waals surface area (Å²) in [6.07, 6.45) is 3.60. The van der Waals surface area contributed by atoms with Crippen LogP contribution in [0.4, 0.5) is 0 Å². The maximum absolute atomic E-state index is 12.7. The number of carbonyl (C=O) groups is 2. The first kappa shape index (κ1) is 17.7. The quantitative estimate of drug-likeness (QED) is 0.754. The zero-order valence-electron chi connectivity index (χ0n) is 14.9. The standard InChI is InChI=1S/C21H21N3O2S/c25-20(18-9-3-7-16-6-1-2-8-17(16)18)23-11-15-5-4-10-24(13-15)21(26)19-12-22-14-27-19/h1-3,6-9,12,14-15H,4-5,10-11,13H2,(H,23,25). The van der Waals surface area contributed by atoms with E-state index in [1.165, 1.54) is 11.3 Å². The molecule has 1 aliphatic heterocycles. The number of benzene rings is 2. The molecule has 2 aromatic carbocycles. The number of hydrogen-bond donors (Lipinski definition) is 1. The summed E-state index contributed by atoms with van der Waals surface area (Å²) in [5.41, 5.74) is 2.38. The van der Waals surface area contributed by atoms with Crippen LogP contribution in [0.1, 0.15) is 32.9 Å². The van der Waals surface area contributed by atoms with Crippen molar-refractivity contribution in [2.45, 2.75) is 12.8 Å². The number of amides is 2. The largest absolute Gasteiger partial charge is 0.352 e. The van der Waals surface area contributed by atoms with Gasteiger partial charge in [-0.25, -0.2) is 0 Å². The molecule has 2 heterocycles. The molecule has 2 amide bonds. The van der Waals surface area contributed by atoms with E-state index < -0.39 is 0 Å². The number of nitrogens with zero attached hydrogens (tertiary/aromatic N) is 2. The Labute approximate surface area is 162 Å². The van der Waals surface area contributed by atoms with Gasteiger partial charge in [0.25, 0.3) is 11.8 Å². The van der Waals surface area contributed by atoms with Crippen molar-refractivity contribution in [2.75, 3.05) is 19.6 Å². The van der Waals surface area contributed by atoms with Crippen LogP contribution in [-0.2, 0) is 0 Å². The van der Waals surface area contributed by atoms with Crippen LogP contribution in [0.2, 0.25) is 0 Å². The van der Waals surface area contributed by atoms with Gasteiger partial charge in [-0.2, -0.15) is 0 Å². The minimum atomic E-state index is -0.0577. The Balaban J connectivity index is 1.39. The maximum Gasteiger partial charge on any atom is 0.265 e. The van der Waals surface area contributed by atoms with Crippen LogP contribution in [0, 0.1) is 5.92 Å². The molecular formula is C21H21N3O2S. The highest BCUT2D eigenvalue weighted by Gasteiger charge is 2.25. The highest BCUT2D eigenvalue weighted by Crippen LogP contribution is 2.21. The summed E-state index contributed by atoms with van der Waals surface area (Å²) in [4.78, 5) is 31.8. The van der Waals surface area contributed by atoms with E-state index in [9.17, 15) is 9.59 Å². The van der Waals surface area contributed by atoms with Gasteiger partial charge in [-0.05, 0) is 35.6 Å². The van der Waals surface area contributed by atoms with Gasteiger partial charge in [0.05, 0.1) is 11.7 Å². The minimum Gasteiger partial charge on any atom is -0.352 e. The lowest BCUT2D eigenvalue weighted by molar-refractivity contribution is 0.0675. The fourth-order valence-corrected chi connectivity index (χ4v) is 4.24. The molecule has 27 heavy (non-hydrogen) atoms. The van der Waals surface area contributed by atoms with Crippen molar-refractivity contribution in [3.05, 3.63) is 64.6 Å². The predicted octanol–water partition coefficient (Wildman–Crippen LogP) is 3.58. The molecule has 0 saturated carbocycles. The summed E-state index contributed by atoms with van der Waals surface area (Å²) in [6.45, 7) is 2.02. The second kappa shape index (κ2) is 7.88. The summed E-state index contributed by atoms with van der Waals surface area (Å²) in [6, 6.07) is 13.7. The second-order valence-electron chi connectivity index (χ2n) is 6.86. The van der Waals surface area contributed by atoms with E-state index >= 15 is 0 Å². The molecule has 1 unspecified atom stereocenters. The predicted molar refractivity (Wildman–Crippen MR) is 107 cm³/mol. The second-order valence-corrected chi connectivity index (χ2v) is 7.75. The molecule has 1 N–H and O–H groups in total. The van der Waals surface area contributed by atoms with Crippen molar-refractivity contribution in [1.29, 1.82) is 0 Å². The van der Waals surface area contributed by atoms with Gasteiger partial charge in [0, 0.05) is 25.2 Å². The van der Waals surface area contributed by atoms with E-state index in [0.29, 0.717) is 23.5 Å². The lowest BCUT2D eigenvalue weighted by Crippen LogP contribution is -2.43. The Bertz CT molecular complexity index is 950. The van der Waals surface area contributed by atoms with E-state index in [0.717, 1.165) is 30.2 Å². The fraction of sp³-hybridized carbons (Fsp3) is 0.286. The van der Waals surface area contributed by atoms with Crippen molar-refractivity contribution in [3.63, 3.8) is 0 Å². The average Bonchev–Trinajstić information content (AvgIpc) is 3.26. The molecule has 1 aromatic heterocycles. The van der Waals surface area contributed by atoms with Gasteiger partial charge < -0.3 is 10.2 Å². The lowest BCUT2D eigenvalue weighted by atomic mass is 9.97. The molecule has 3 aromatic rings. The van der Waals surface area contributed by atoms with Crippen molar-refractivity contribution in [3.8, 4) is 0 Å². The third-order valence-corrected chi connectivity index (χ3v) is 5.80. The first-order valence-corrected chi connectivity index (χ1v) is 10.0. The zero-order chi connectivity index (χ0) is 18.6. The molecule has 1 aliphatic rings. The van der Waals surface area contributed by atoms with E-state index in [1.54, 1.807) is 11.7 Å². The first-order chi connectivity index (χ1) is 13.2. The minimum absolute atomic E-state index is 0.0441. The zero-order valence-corrected chi connectivity index (χ0v) is 15.7. The monoisotopic (exact) mass is 379 g/mol. The van der Waals surface area contributed by atoms with Crippen molar-refractivity contribution >= 4 is 33.9 Å². The third-order valence-electron chi connectivity index (χ3n) is 5.03. The van der Waals surface area contributed by atoms with E-state index in [1.807, 2.05) is 47.4 Å². The fourth-order valence-electron chi connectivity index (χ4n) is 3.65. The summed E-state index contributed by atoms with van der Waals surface area (Å²) >= 11 is 1.37. The number of nitrogens with one attached hydrogen (secondary N) is 1. The molecule has 6 heteroatoms. The van der Waals surface area contributed by atoms with Gasteiger partial charge >= 0.3 is 0 Å². The summed E-state index contributed by atoms with van der Waals surface area (Å²) in [5.74, 6) is 0.259.